The van der Waals surface area contributed by atoms with Crippen molar-refractivity contribution in [1.29, 1.82) is 0 Å². The van der Waals surface area contributed by atoms with Gasteiger partial charge in [0.1, 0.15) is 0 Å². The van der Waals surface area contributed by atoms with Crippen molar-refractivity contribution in [3.05, 3.63) is 66.0 Å². The first kappa shape index (κ1) is 23.4. The number of hydrogen-bond donors (Lipinski definition) is 1. The molecule has 6 nitrogen and oxygen atoms in total. The molecule has 1 aromatic heterocycles. The molecule has 32 heavy (non-hydrogen) atoms. The van der Waals surface area contributed by atoms with Crippen molar-refractivity contribution in [2.45, 2.75) is 56.7 Å². The molecule has 2 atom stereocenters. The molecular weight excluding hydrogens is 422 g/mol. The molecule has 2 heterocycles. The van der Waals surface area contributed by atoms with Gasteiger partial charge in [-0.15, -0.1) is 0 Å². The number of ether oxygens (including phenoxy) is 1. The molecular formula is C25H35N3O3S. The number of aromatic nitrogens is 1. The highest BCUT2D eigenvalue weighted by Crippen LogP contribution is 2.34. The topological polar surface area (TPSA) is 71.5 Å². The van der Waals surface area contributed by atoms with Gasteiger partial charge in [0.2, 0.25) is 10.0 Å². The third kappa shape index (κ3) is 6.85. The van der Waals surface area contributed by atoms with E-state index in [0.29, 0.717) is 12.5 Å². The maximum Gasteiger partial charge on any atom is 0.208 e. The zero-order chi connectivity index (χ0) is 22.4. The Morgan fingerprint density at radius 3 is 2.53 bits per heavy atom. The summed E-state index contributed by atoms with van der Waals surface area (Å²) in [5, 5.41) is 0. The van der Waals surface area contributed by atoms with Crippen molar-refractivity contribution in [3.8, 4) is 0 Å². The molecule has 4 rings (SSSR count). The third-order valence-electron chi connectivity index (χ3n) is 6.80. The molecule has 2 aromatic rings. The Balaban J connectivity index is 1.32. The van der Waals surface area contributed by atoms with Gasteiger partial charge in [-0.25, -0.2) is 13.1 Å². The van der Waals surface area contributed by atoms with E-state index >= 15 is 0 Å². The van der Waals surface area contributed by atoms with E-state index in [0.717, 1.165) is 51.7 Å². The van der Waals surface area contributed by atoms with Crippen LogP contribution >= 0.6 is 0 Å². The highest BCUT2D eigenvalue weighted by molar-refractivity contribution is 7.88. The second-order valence-corrected chi connectivity index (χ2v) is 11.1. The first-order valence-corrected chi connectivity index (χ1v) is 13.6. The summed E-state index contributed by atoms with van der Waals surface area (Å²) in [5.41, 5.74) is 2.61. The van der Waals surface area contributed by atoms with Gasteiger partial charge in [0.15, 0.2) is 0 Å². The molecule has 0 radical (unpaired) electrons. The second-order valence-electron chi connectivity index (χ2n) is 9.36. The molecule has 0 unspecified atom stereocenters. The van der Waals surface area contributed by atoms with Crippen molar-refractivity contribution in [2.75, 3.05) is 26.0 Å². The Hall–Kier alpha value is -1.80. The van der Waals surface area contributed by atoms with Gasteiger partial charge < -0.3 is 4.74 Å². The monoisotopic (exact) mass is 457 g/mol. The highest BCUT2D eigenvalue weighted by atomic mass is 32.2. The van der Waals surface area contributed by atoms with Crippen LogP contribution in [0.15, 0.2) is 54.9 Å². The number of nitrogens with zero attached hydrogens (tertiary/aromatic N) is 2. The average molecular weight is 458 g/mol. The molecule has 1 saturated heterocycles. The average Bonchev–Trinajstić information content (AvgIpc) is 2.80. The van der Waals surface area contributed by atoms with E-state index in [1.807, 2.05) is 12.3 Å². The van der Waals surface area contributed by atoms with Crippen LogP contribution < -0.4 is 4.72 Å². The zero-order valence-electron chi connectivity index (χ0n) is 18.9. The summed E-state index contributed by atoms with van der Waals surface area (Å²) in [4.78, 5) is 6.60. The van der Waals surface area contributed by atoms with Gasteiger partial charge in [0.05, 0.1) is 19.0 Å². The minimum absolute atomic E-state index is 0.0733. The Morgan fingerprint density at radius 2 is 1.84 bits per heavy atom. The molecule has 2 aliphatic rings. The quantitative estimate of drug-likeness (QED) is 0.656. The summed E-state index contributed by atoms with van der Waals surface area (Å²) in [6.07, 6.45) is 10.4. The fraction of sp³-hybridized carbons (Fsp3) is 0.560. The predicted molar refractivity (Wildman–Crippen MR) is 127 cm³/mol. The van der Waals surface area contributed by atoms with Crippen molar-refractivity contribution < 1.29 is 13.2 Å². The van der Waals surface area contributed by atoms with Crippen molar-refractivity contribution in [1.82, 2.24) is 14.6 Å². The number of nitrogens with one attached hydrogen (secondary N) is 1. The fourth-order valence-electron chi connectivity index (χ4n) is 5.15. The summed E-state index contributed by atoms with van der Waals surface area (Å²) in [6, 6.07) is 14.7. The number of sulfonamides is 1. The SMILES string of the molecule is CS(=O)(=O)N[C@H]1CCN(Cc2cccnc2)C[C@H]1CO[C@H]1CC[C@@H](c2ccccc2)CC1. The van der Waals surface area contributed by atoms with E-state index in [4.69, 9.17) is 4.74 Å². The Kier molecular flexibility index (Phi) is 7.94. The van der Waals surface area contributed by atoms with E-state index in [1.165, 1.54) is 17.4 Å². The van der Waals surface area contributed by atoms with Crippen LogP contribution in [-0.4, -0.2) is 56.4 Å². The molecule has 1 aliphatic heterocycles. The van der Waals surface area contributed by atoms with E-state index in [9.17, 15) is 8.42 Å². The largest absolute Gasteiger partial charge is 0.378 e. The second kappa shape index (κ2) is 10.9. The molecule has 2 fully saturated rings. The minimum atomic E-state index is -3.25. The van der Waals surface area contributed by atoms with E-state index in [-0.39, 0.29) is 18.1 Å². The van der Waals surface area contributed by atoms with Crippen LogP contribution in [0.1, 0.15) is 49.1 Å². The van der Waals surface area contributed by atoms with Crippen molar-refractivity contribution in [3.63, 3.8) is 0 Å². The van der Waals surface area contributed by atoms with Crippen LogP contribution in [0, 0.1) is 5.92 Å². The first-order chi connectivity index (χ1) is 15.5. The van der Waals surface area contributed by atoms with Gasteiger partial charge in [-0.1, -0.05) is 36.4 Å². The van der Waals surface area contributed by atoms with Crippen LogP contribution in [0.4, 0.5) is 0 Å². The van der Waals surface area contributed by atoms with Crippen molar-refractivity contribution >= 4 is 10.0 Å². The highest BCUT2D eigenvalue weighted by Gasteiger charge is 2.32. The normalized spacial score (nSPS) is 27.3. The zero-order valence-corrected chi connectivity index (χ0v) is 19.7. The number of likely N-dealkylation sites (tertiary alicyclic amines) is 1. The van der Waals surface area contributed by atoms with Gasteiger partial charge in [-0.05, 0) is 55.2 Å². The lowest BCUT2D eigenvalue weighted by atomic mass is 9.82. The molecule has 0 spiro atoms. The number of rotatable bonds is 8. The van der Waals surface area contributed by atoms with Crippen LogP contribution in [-0.2, 0) is 21.3 Å². The Bertz CT molecular complexity index is 931. The number of piperidine rings is 1. The van der Waals surface area contributed by atoms with Gasteiger partial charge in [0.25, 0.3) is 0 Å². The van der Waals surface area contributed by atoms with Crippen LogP contribution in [0.2, 0.25) is 0 Å². The summed E-state index contributed by atoms with van der Waals surface area (Å²) in [5.74, 6) is 0.766. The summed E-state index contributed by atoms with van der Waals surface area (Å²) in [6.45, 7) is 3.11. The molecule has 7 heteroatoms. The van der Waals surface area contributed by atoms with Crippen molar-refractivity contribution in [2.24, 2.45) is 5.92 Å². The summed E-state index contributed by atoms with van der Waals surface area (Å²) in [7, 11) is -3.25. The maximum absolute atomic E-state index is 11.9. The molecule has 0 amide bonds. The Labute approximate surface area is 192 Å². The van der Waals surface area contributed by atoms with E-state index < -0.39 is 10.0 Å². The fourth-order valence-corrected chi connectivity index (χ4v) is 6.01. The summed E-state index contributed by atoms with van der Waals surface area (Å²) < 4.78 is 33.1. The van der Waals surface area contributed by atoms with Gasteiger partial charge >= 0.3 is 0 Å². The molecule has 1 N–H and O–H groups in total. The van der Waals surface area contributed by atoms with E-state index in [1.54, 1.807) is 6.20 Å². The molecule has 1 aliphatic carbocycles. The third-order valence-corrected chi connectivity index (χ3v) is 7.53. The minimum Gasteiger partial charge on any atom is -0.378 e. The number of pyridine rings is 1. The van der Waals surface area contributed by atoms with Crippen LogP contribution in [0.3, 0.4) is 0 Å². The molecule has 174 valence electrons. The predicted octanol–water partition coefficient (Wildman–Crippen LogP) is 3.56. The van der Waals surface area contributed by atoms with Gasteiger partial charge in [0, 0.05) is 44.0 Å². The summed E-state index contributed by atoms with van der Waals surface area (Å²) >= 11 is 0. The van der Waals surface area contributed by atoms with Crippen LogP contribution in [0.25, 0.3) is 0 Å². The van der Waals surface area contributed by atoms with E-state index in [2.05, 4.69) is 51.0 Å². The smallest absolute Gasteiger partial charge is 0.208 e. The number of benzene rings is 1. The number of hydrogen-bond acceptors (Lipinski definition) is 5. The molecule has 1 saturated carbocycles. The van der Waals surface area contributed by atoms with Gasteiger partial charge in [-0.3, -0.25) is 9.88 Å². The molecule has 0 bridgehead atoms. The maximum atomic E-state index is 11.9. The Morgan fingerprint density at radius 1 is 1.06 bits per heavy atom. The molecule has 1 aromatic carbocycles. The lowest BCUT2D eigenvalue weighted by molar-refractivity contribution is -0.0179. The first-order valence-electron chi connectivity index (χ1n) is 11.7. The lowest BCUT2D eigenvalue weighted by Gasteiger charge is -2.39. The lowest BCUT2D eigenvalue weighted by Crippen LogP contribution is -2.52. The van der Waals surface area contributed by atoms with Gasteiger partial charge in [-0.2, -0.15) is 0 Å². The standard InChI is InChI=1S/C25H35N3O3S/c1-32(29,30)27-25-13-15-28(17-20-6-5-14-26-16-20)18-23(25)19-31-24-11-9-22(10-12-24)21-7-3-2-4-8-21/h2-8,14,16,22-25,27H,9-13,15,17-19H2,1H3/t22-,23-,24+,25-/m0/s1. The van der Waals surface area contributed by atoms with Crippen LogP contribution in [0.5, 0.6) is 0 Å².